The molecule has 35 heavy (non-hydrogen) atoms. The topological polar surface area (TPSA) is 80.8 Å². The zero-order chi connectivity index (χ0) is 24.9. The van der Waals surface area contributed by atoms with Crippen LogP contribution in [0.25, 0.3) is 16.2 Å². The predicted octanol–water partition coefficient (Wildman–Crippen LogP) is 5.82. The molecule has 5 rings (SSSR count). The Labute approximate surface area is 224 Å². The van der Waals surface area contributed by atoms with E-state index in [9.17, 15) is 18.0 Å². The third-order valence-corrected chi connectivity index (χ3v) is 10.6. The molecule has 0 saturated carbocycles. The van der Waals surface area contributed by atoms with Gasteiger partial charge in [-0.15, -0.1) is 11.3 Å². The summed E-state index contributed by atoms with van der Waals surface area (Å²) in [6.07, 6.45) is 2.07. The lowest BCUT2D eigenvalue weighted by atomic mass is 10.2. The molecule has 0 spiro atoms. The summed E-state index contributed by atoms with van der Waals surface area (Å²) in [5, 5.41) is 1.34. The number of hydrogen-bond donors (Lipinski definition) is 0. The molecule has 3 aromatic rings. The summed E-state index contributed by atoms with van der Waals surface area (Å²) in [4.78, 5) is 27.7. The number of thiophene rings is 1. The van der Waals surface area contributed by atoms with E-state index in [1.807, 2.05) is 6.07 Å². The van der Waals surface area contributed by atoms with Crippen molar-refractivity contribution in [3.63, 3.8) is 0 Å². The molecule has 2 saturated heterocycles. The summed E-state index contributed by atoms with van der Waals surface area (Å²) >= 11 is 20.3. The molecule has 0 unspecified atom stereocenters. The monoisotopic (exact) mass is 583 g/mol. The molecule has 2 fully saturated rings. The molecular weight excluding hydrogens is 569 g/mol. The van der Waals surface area contributed by atoms with Gasteiger partial charge in [-0.2, -0.15) is 0 Å². The van der Waals surface area contributed by atoms with Crippen molar-refractivity contribution in [1.29, 1.82) is 0 Å². The second kappa shape index (κ2) is 9.49. The lowest BCUT2D eigenvalue weighted by Gasteiger charge is -2.20. The predicted molar refractivity (Wildman–Crippen MR) is 145 cm³/mol. The molecule has 2 aliphatic rings. The van der Waals surface area contributed by atoms with E-state index in [1.165, 1.54) is 16.2 Å². The van der Waals surface area contributed by atoms with Crippen LogP contribution < -0.4 is 4.74 Å². The summed E-state index contributed by atoms with van der Waals surface area (Å²) in [7, 11) is -3.14. The molecule has 0 N–H and O–H groups in total. The van der Waals surface area contributed by atoms with Crippen molar-refractivity contribution in [3.8, 4) is 5.75 Å². The molecule has 1 aromatic heterocycles. The third kappa shape index (κ3) is 4.87. The number of amides is 1. The van der Waals surface area contributed by atoms with Gasteiger partial charge in [-0.3, -0.25) is 9.69 Å². The lowest BCUT2D eigenvalue weighted by molar-refractivity contribution is -0.123. The molecule has 2 aliphatic heterocycles. The number of carbonyl (C=O) groups is 2. The number of rotatable bonds is 4. The minimum absolute atomic E-state index is 0.0632. The quantitative estimate of drug-likeness (QED) is 0.166. The van der Waals surface area contributed by atoms with Gasteiger partial charge in [0.25, 0.3) is 5.91 Å². The van der Waals surface area contributed by atoms with Crippen LogP contribution in [0, 0.1) is 0 Å². The van der Waals surface area contributed by atoms with E-state index in [1.54, 1.807) is 42.5 Å². The number of thiocarbonyl (C=S) groups is 1. The van der Waals surface area contributed by atoms with Crippen LogP contribution in [0.1, 0.15) is 21.7 Å². The van der Waals surface area contributed by atoms with Crippen LogP contribution in [0.5, 0.6) is 5.75 Å². The van der Waals surface area contributed by atoms with Gasteiger partial charge >= 0.3 is 5.97 Å². The molecule has 0 aliphatic carbocycles. The van der Waals surface area contributed by atoms with E-state index in [2.05, 4.69) is 0 Å². The van der Waals surface area contributed by atoms with E-state index < -0.39 is 21.8 Å². The standard InChI is InChI=1S/C23H15Cl2NO5S4/c24-15-2-1-3-16-18(15)19(25)20(33-16)22(28)31-14-6-4-12(5-7-14)10-17-21(27)26(23(32)34-17)13-8-9-35(29,30)11-13/h1-7,10,13H,8-9,11H2/b17-10-/t13-/m1/s1. The first kappa shape index (κ1) is 24.7. The first-order chi connectivity index (χ1) is 16.6. The van der Waals surface area contributed by atoms with Crippen molar-refractivity contribution in [1.82, 2.24) is 4.90 Å². The van der Waals surface area contributed by atoms with Crippen LogP contribution in [-0.2, 0) is 14.6 Å². The fourth-order valence-electron chi connectivity index (χ4n) is 3.91. The highest BCUT2D eigenvalue weighted by Crippen LogP contribution is 2.40. The van der Waals surface area contributed by atoms with Crippen molar-refractivity contribution >= 4 is 101 Å². The third-order valence-electron chi connectivity index (χ3n) is 5.58. The second-order valence-electron chi connectivity index (χ2n) is 7.93. The van der Waals surface area contributed by atoms with Crippen LogP contribution in [0.4, 0.5) is 0 Å². The van der Waals surface area contributed by atoms with Gasteiger partial charge in [0, 0.05) is 10.1 Å². The Bertz CT molecular complexity index is 1530. The van der Waals surface area contributed by atoms with E-state index >= 15 is 0 Å². The molecule has 2 aromatic carbocycles. The van der Waals surface area contributed by atoms with Crippen molar-refractivity contribution < 1.29 is 22.7 Å². The van der Waals surface area contributed by atoms with Crippen LogP contribution >= 0.6 is 58.5 Å². The molecule has 0 bridgehead atoms. The molecule has 3 heterocycles. The number of thioether (sulfide) groups is 1. The molecular formula is C23H15Cl2NO5S4. The molecule has 1 amide bonds. The van der Waals surface area contributed by atoms with Gasteiger partial charge in [0.05, 0.1) is 32.5 Å². The SMILES string of the molecule is O=C(Oc1ccc(/C=C2\SC(=S)N([C@@H]3CCS(=O)(=O)C3)C2=O)cc1)c1sc2cccc(Cl)c2c1Cl. The molecule has 0 radical (unpaired) electrons. The number of hydrogen-bond acceptors (Lipinski definition) is 8. The van der Waals surface area contributed by atoms with Crippen LogP contribution in [0.15, 0.2) is 47.4 Å². The highest BCUT2D eigenvalue weighted by molar-refractivity contribution is 8.26. The molecule has 1 atom stereocenters. The number of halogens is 2. The number of esters is 1. The van der Waals surface area contributed by atoms with Crippen molar-refractivity contribution in [2.75, 3.05) is 11.5 Å². The summed E-state index contributed by atoms with van der Waals surface area (Å²) in [6.45, 7) is 0. The highest BCUT2D eigenvalue weighted by Gasteiger charge is 2.42. The van der Waals surface area contributed by atoms with Gasteiger partial charge in [-0.1, -0.05) is 65.4 Å². The number of sulfone groups is 1. The average Bonchev–Trinajstić information content (AvgIpc) is 3.42. The van der Waals surface area contributed by atoms with E-state index in [4.69, 9.17) is 40.2 Å². The fourth-order valence-corrected chi connectivity index (χ4v) is 8.84. The summed E-state index contributed by atoms with van der Waals surface area (Å²) in [5.74, 6) is -0.574. The number of fused-ring (bicyclic) bond motifs is 1. The summed E-state index contributed by atoms with van der Waals surface area (Å²) < 4.78 is 30.2. The Morgan fingerprint density at radius 3 is 2.57 bits per heavy atom. The molecule has 180 valence electrons. The first-order valence-corrected chi connectivity index (χ1v) is 14.9. The number of ether oxygens (including phenoxy) is 1. The van der Waals surface area contributed by atoms with Crippen molar-refractivity contribution in [3.05, 3.63) is 67.9 Å². The highest BCUT2D eigenvalue weighted by atomic mass is 35.5. The van der Waals surface area contributed by atoms with Crippen molar-refractivity contribution in [2.45, 2.75) is 12.5 Å². The van der Waals surface area contributed by atoms with E-state index in [-0.39, 0.29) is 27.3 Å². The normalized spacial score (nSPS) is 20.8. The van der Waals surface area contributed by atoms with Gasteiger partial charge in [0.2, 0.25) is 0 Å². The maximum absolute atomic E-state index is 12.9. The number of nitrogens with zero attached hydrogens (tertiary/aromatic N) is 1. The molecule has 6 nitrogen and oxygen atoms in total. The van der Waals surface area contributed by atoms with Crippen LogP contribution in [0.3, 0.4) is 0 Å². The summed E-state index contributed by atoms with van der Waals surface area (Å²) in [6, 6.07) is 11.5. The van der Waals surface area contributed by atoms with Gasteiger partial charge in [0.15, 0.2) is 9.84 Å². The lowest BCUT2D eigenvalue weighted by Crippen LogP contribution is -2.39. The Hall–Kier alpha value is -1.95. The smallest absolute Gasteiger partial charge is 0.355 e. The maximum atomic E-state index is 12.9. The van der Waals surface area contributed by atoms with Crippen LogP contribution in [-0.4, -0.2) is 47.1 Å². The average molecular weight is 585 g/mol. The number of benzene rings is 2. The first-order valence-electron chi connectivity index (χ1n) is 10.3. The zero-order valence-electron chi connectivity index (χ0n) is 17.7. The van der Waals surface area contributed by atoms with Crippen LogP contribution in [0.2, 0.25) is 10.0 Å². The maximum Gasteiger partial charge on any atom is 0.355 e. The Kier molecular flexibility index (Phi) is 6.71. The van der Waals surface area contributed by atoms with Gasteiger partial charge in [0.1, 0.15) is 14.9 Å². The summed E-state index contributed by atoms with van der Waals surface area (Å²) in [5.41, 5.74) is 0.705. The second-order valence-corrected chi connectivity index (χ2v) is 13.7. The molecule has 12 heteroatoms. The Balaban J connectivity index is 1.30. The Morgan fingerprint density at radius 1 is 1.17 bits per heavy atom. The minimum atomic E-state index is -3.14. The van der Waals surface area contributed by atoms with Gasteiger partial charge < -0.3 is 4.74 Å². The fraction of sp³-hybridized carbons (Fsp3) is 0.174. The van der Waals surface area contributed by atoms with E-state index in [0.717, 1.165) is 16.5 Å². The van der Waals surface area contributed by atoms with Gasteiger partial charge in [-0.25, -0.2) is 13.2 Å². The Morgan fingerprint density at radius 2 is 1.91 bits per heavy atom. The number of carbonyl (C=O) groups excluding carboxylic acids is 2. The minimum Gasteiger partial charge on any atom is -0.422 e. The zero-order valence-corrected chi connectivity index (χ0v) is 22.5. The van der Waals surface area contributed by atoms with Gasteiger partial charge in [-0.05, 0) is 42.3 Å². The van der Waals surface area contributed by atoms with E-state index in [0.29, 0.717) is 37.4 Å². The largest absolute Gasteiger partial charge is 0.422 e. The van der Waals surface area contributed by atoms with Crippen molar-refractivity contribution in [2.24, 2.45) is 0 Å².